The van der Waals surface area contributed by atoms with Gasteiger partial charge in [0.2, 0.25) is 17.7 Å². The molecule has 0 aliphatic carbocycles. The monoisotopic (exact) mass is 361 g/mol. The van der Waals surface area contributed by atoms with E-state index in [0.29, 0.717) is 5.41 Å². The summed E-state index contributed by atoms with van der Waals surface area (Å²) in [4.78, 5) is 41.9. The van der Waals surface area contributed by atoms with E-state index in [4.69, 9.17) is 4.74 Å². The average Bonchev–Trinajstić information content (AvgIpc) is 3.40. The van der Waals surface area contributed by atoms with Gasteiger partial charge in [-0.2, -0.15) is 0 Å². The summed E-state index contributed by atoms with van der Waals surface area (Å²) in [5.74, 6) is -1.18. The first-order chi connectivity index (χ1) is 12.5. The molecule has 5 aliphatic rings. The molecule has 0 aromatic carbocycles. The van der Waals surface area contributed by atoms with Gasteiger partial charge in [-0.15, -0.1) is 0 Å². The summed E-state index contributed by atoms with van der Waals surface area (Å²) in [6.07, 6.45) is 4.64. The highest BCUT2D eigenvalue weighted by molar-refractivity contribution is 6.09. The third-order valence-electron chi connectivity index (χ3n) is 7.53. The molecule has 0 saturated carbocycles. The summed E-state index contributed by atoms with van der Waals surface area (Å²) in [6.45, 7) is 5.27. The molecule has 5 heterocycles. The highest BCUT2D eigenvalue weighted by Gasteiger charge is 2.63. The van der Waals surface area contributed by atoms with Crippen molar-refractivity contribution in [2.75, 3.05) is 26.2 Å². The van der Waals surface area contributed by atoms with Gasteiger partial charge in [-0.3, -0.25) is 19.3 Å². The maximum absolute atomic E-state index is 13.0. The number of imide groups is 1. The molecule has 7 heteroatoms. The zero-order valence-electron chi connectivity index (χ0n) is 15.3. The fourth-order valence-electron chi connectivity index (χ4n) is 5.92. The number of hydrogen-bond acceptors (Lipinski definition) is 5. The van der Waals surface area contributed by atoms with Crippen LogP contribution in [-0.4, -0.2) is 72.0 Å². The number of hydrogen-bond donors (Lipinski definition) is 1. The predicted molar refractivity (Wildman–Crippen MR) is 91.9 cm³/mol. The molecule has 5 saturated heterocycles. The van der Waals surface area contributed by atoms with E-state index in [0.717, 1.165) is 51.9 Å². The van der Waals surface area contributed by atoms with E-state index in [1.807, 2.05) is 4.90 Å². The van der Waals surface area contributed by atoms with E-state index in [-0.39, 0.29) is 41.8 Å². The topological polar surface area (TPSA) is 79.0 Å². The maximum Gasteiger partial charge on any atom is 0.245 e. The third kappa shape index (κ3) is 2.22. The number of carbonyl (C=O) groups is 3. The Balaban J connectivity index is 1.28. The van der Waals surface area contributed by atoms with Crippen molar-refractivity contribution in [2.45, 2.75) is 57.3 Å². The quantitative estimate of drug-likeness (QED) is 0.708. The predicted octanol–water partition coefficient (Wildman–Crippen LogP) is 0.139. The number of ether oxygens (including phenoxy) is 1. The van der Waals surface area contributed by atoms with Crippen LogP contribution in [0.15, 0.2) is 0 Å². The Morgan fingerprint density at radius 3 is 2.27 bits per heavy atom. The number of fused-ring (bicyclic) bond motifs is 5. The van der Waals surface area contributed by atoms with Crippen LogP contribution in [0.5, 0.6) is 0 Å². The molecule has 3 amide bonds. The van der Waals surface area contributed by atoms with Crippen LogP contribution in [0, 0.1) is 17.3 Å². The first kappa shape index (κ1) is 16.7. The largest absolute Gasteiger partial charge is 0.373 e. The summed E-state index contributed by atoms with van der Waals surface area (Å²) in [6, 6.07) is -0.698. The molecule has 5 rings (SSSR count). The van der Waals surface area contributed by atoms with Crippen LogP contribution in [0.25, 0.3) is 0 Å². The fourth-order valence-corrected chi connectivity index (χ4v) is 5.92. The number of nitrogens with one attached hydrogen (secondary N) is 1. The number of likely N-dealkylation sites (tertiary alicyclic amines) is 2. The Hall–Kier alpha value is -1.47. The Labute approximate surface area is 153 Å². The molecule has 0 radical (unpaired) electrons. The molecule has 5 atom stereocenters. The highest BCUT2D eigenvalue weighted by Crippen LogP contribution is 2.49. The first-order valence-electron chi connectivity index (χ1n) is 10.0. The van der Waals surface area contributed by atoms with Crippen LogP contribution in [0.1, 0.15) is 39.0 Å². The standard InChI is InChI=1S/C19H27N3O4/c1-11(16(23)21-8-5-19(6-9-21)4-7-20-10-19)22-17(24)14-12-2-3-13(26-12)15(14)18(22)25/h11-15,20H,2-10H2,1H3. The summed E-state index contributed by atoms with van der Waals surface area (Å²) in [5.41, 5.74) is 0.340. The lowest BCUT2D eigenvalue weighted by molar-refractivity contribution is -0.153. The molecule has 1 N–H and O–H groups in total. The minimum Gasteiger partial charge on any atom is -0.373 e. The summed E-state index contributed by atoms with van der Waals surface area (Å²) >= 11 is 0. The number of piperidine rings is 1. The molecule has 0 aromatic heterocycles. The molecular weight excluding hydrogens is 334 g/mol. The van der Waals surface area contributed by atoms with Gasteiger partial charge >= 0.3 is 0 Å². The molecule has 1 spiro atoms. The van der Waals surface area contributed by atoms with Gasteiger partial charge in [-0.05, 0) is 51.0 Å². The molecule has 5 unspecified atom stereocenters. The minimum absolute atomic E-state index is 0.0826. The van der Waals surface area contributed by atoms with Gasteiger partial charge < -0.3 is 15.0 Å². The van der Waals surface area contributed by atoms with E-state index in [1.54, 1.807) is 6.92 Å². The average molecular weight is 361 g/mol. The van der Waals surface area contributed by atoms with Crippen molar-refractivity contribution in [1.29, 1.82) is 0 Å². The Morgan fingerprint density at radius 2 is 1.73 bits per heavy atom. The van der Waals surface area contributed by atoms with Crippen molar-refractivity contribution < 1.29 is 19.1 Å². The molecule has 0 aromatic rings. The van der Waals surface area contributed by atoms with Gasteiger partial charge in [0, 0.05) is 19.6 Å². The summed E-state index contributed by atoms with van der Waals surface area (Å²) in [7, 11) is 0. The van der Waals surface area contributed by atoms with Crippen molar-refractivity contribution in [3.05, 3.63) is 0 Å². The van der Waals surface area contributed by atoms with Crippen molar-refractivity contribution in [2.24, 2.45) is 17.3 Å². The van der Waals surface area contributed by atoms with Crippen LogP contribution in [0.4, 0.5) is 0 Å². The van der Waals surface area contributed by atoms with Gasteiger partial charge in [0.1, 0.15) is 6.04 Å². The minimum atomic E-state index is -0.698. The zero-order valence-corrected chi connectivity index (χ0v) is 15.3. The lowest BCUT2D eigenvalue weighted by Gasteiger charge is -2.40. The van der Waals surface area contributed by atoms with Crippen LogP contribution in [-0.2, 0) is 19.1 Å². The van der Waals surface area contributed by atoms with Gasteiger partial charge in [0.25, 0.3) is 0 Å². The number of rotatable bonds is 2. The third-order valence-corrected chi connectivity index (χ3v) is 7.53. The van der Waals surface area contributed by atoms with Crippen molar-refractivity contribution in [3.63, 3.8) is 0 Å². The molecule has 5 fully saturated rings. The summed E-state index contributed by atoms with van der Waals surface area (Å²) < 4.78 is 5.77. The fraction of sp³-hybridized carbons (Fsp3) is 0.842. The van der Waals surface area contributed by atoms with Gasteiger partial charge in [0.05, 0.1) is 24.0 Å². The second-order valence-electron chi connectivity index (χ2n) is 8.82. The van der Waals surface area contributed by atoms with Crippen LogP contribution >= 0.6 is 0 Å². The van der Waals surface area contributed by atoms with Crippen LogP contribution < -0.4 is 5.32 Å². The molecule has 26 heavy (non-hydrogen) atoms. The highest BCUT2D eigenvalue weighted by atomic mass is 16.5. The number of amides is 3. The van der Waals surface area contributed by atoms with E-state index in [2.05, 4.69) is 5.32 Å². The van der Waals surface area contributed by atoms with Crippen LogP contribution in [0.3, 0.4) is 0 Å². The van der Waals surface area contributed by atoms with Crippen molar-refractivity contribution in [1.82, 2.24) is 15.1 Å². The molecular formula is C19H27N3O4. The molecule has 5 aliphatic heterocycles. The Kier molecular flexibility index (Phi) is 3.70. The Morgan fingerprint density at radius 1 is 1.12 bits per heavy atom. The lowest BCUT2D eigenvalue weighted by atomic mass is 9.78. The second kappa shape index (κ2) is 5.76. The molecule has 7 nitrogen and oxygen atoms in total. The second-order valence-corrected chi connectivity index (χ2v) is 8.82. The zero-order chi connectivity index (χ0) is 18.1. The normalized spacial score (nSPS) is 39.1. The number of nitrogens with zero attached hydrogens (tertiary/aromatic N) is 2. The summed E-state index contributed by atoms with van der Waals surface area (Å²) in [5, 5.41) is 3.43. The number of carbonyl (C=O) groups excluding carboxylic acids is 3. The van der Waals surface area contributed by atoms with Gasteiger partial charge in [-0.25, -0.2) is 0 Å². The maximum atomic E-state index is 13.0. The van der Waals surface area contributed by atoms with Crippen molar-refractivity contribution in [3.8, 4) is 0 Å². The van der Waals surface area contributed by atoms with E-state index >= 15 is 0 Å². The van der Waals surface area contributed by atoms with Gasteiger partial charge in [0.15, 0.2) is 0 Å². The lowest BCUT2D eigenvalue weighted by Crippen LogP contribution is -2.53. The SMILES string of the molecule is CC(C(=O)N1CCC2(CCNC2)CC1)N1C(=O)C2C3CCC(O3)C2C1=O. The van der Waals surface area contributed by atoms with Gasteiger partial charge in [-0.1, -0.05) is 0 Å². The van der Waals surface area contributed by atoms with E-state index in [1.165, 1.54) is 11.3 Å². The molecule has 142 valence electrons. The molecule has 2 bridgehead atoms. The smallest absolute Gasteiger partial charge is 0.245 e. The van der Waals surface area contributed by atoms with E-state index < -0.39 is 6.04 Å². The van der Waals surface area contributed by atoms with Crippen molar-refractivity contribution >= 4 is 17.7 Å². The first-order valence-corrected chi connectivity index (χ1v) is 10.0. The van der Waals surface area contributed by atoms with E-state index in [9.17, 15) is 14.4 Å². The Bertz CT molecular complexity index is 621. The van der Waals surface area contributed by atoms with Crippen LogP contribution in [0.2, 0.25) is 0 Å².